The quantitative estimate of drug-likeness (QED) is 0.817. The minimum Gasteiger partial charge on any atom is -0.333 e. The van der Waals surface area contributed by atoms with Crippen molar-refractivity contribution in [2.75, 3.05) is 19.6 Å². The lowest BCUT2D eigenvalue weighted by molar-refractivity contribution is -0.138. The Balaban J connectivity index is 1.58. The first-order valence-electron chi connectivity index (χ1n) is 8.70. The molecule has 1 saturated heterocycles. The largest absolute Gasteiger partial charge is 0.417 e. The van der Waals surface area contributed by atoms with Gasteiger partial charge in [0.15, 0.2) is 0 Å². The van der Waals surface area contributed by atoms with Crippen molar-refractivity contribution >= 4 is 5.91 Å². The van der Waals surface area contributed by atoms with Crippen molar-refractivity contribution < 1.29 is 18.0 Å². The van der Waals surface area contributed by atoms with Gasteiger partial charge in [0.1, 0.15) is 0 Å². The zero-order valence-corrected chi connectivity index (χ0v) is 14.2. The van der Waals surface area contributed by atoms with E-state index in [4.69, 9.17) is 0 Å². The third-order valence-electron chi connectivity index (χ3n) is 5.20. The molecule has 0 spiro atoms. The Morgan fingerprint density at radius 3 is 2.50 bits per heavy atom. The molecule has 2 aromatic rings. The summed E-state index contributed by atoms with van der Waals surface area (Å²) in [5, 5.41) is 0. The summed E-state index contributed by atoms with van der Waals surface area (Å²) in [6.07, 6.45) is -4.04. The van der Waals surface area contributed by atoms with Gasteiger partial charge in [-0.25, -0.2) is 0 Å². The lowest BCUT2D eigenvalue weighted by Crippen LogP contribution is -2.58. The molecule has 0 aromatic heterocycles. The second-order valence-electron chi connectivity index (χ2n) is 6.91. The number of alkyl halides is 3. The Morgan fingerprint density at radius 1 is 1.00 bits per heavy atom. The van der Waals surface area contributed by atoms with E-state index in [-0.39, 0.29) is 11.6 Å². The van der Waals surface area contributed by atoms with E-state index >= 15 is 0 Å². The van der Waals surface area contributed by atoms with Gasteiger partial charge >= 0.3 is 6.18 Å². The summed E-state index contributed by atoms with van der Waals surface area (Å²) < 4.78 is 39.9. The molecule has 2 aliphatic rings. The third kappa shape index (κ3) is 3.09. The van der Waals surface area contributed by atoms with Gasteiger partial charge in [-0.2, -0.15) is 13.2 Å². The number of benzene rings is 2. The molecule has 1 amide bonds. The Hall–Kier alpha value is -2.34. The van der Waals surface area contributed by atoms with Crippen LogP contribution < -0.4 is 0 Å². The number of hydrogen-bond donors (Lipinski definition) is 0. The fourth-order valence-electron chi connectivity index (χ4n) is 4.00. The fourth-order valence-corrected chi connectivity index (χ4v) is 4.00. The van der Waals surface area contributed by atoms with Gasteiger partial charge in [0.05, 0.1) is 11.1 Å². The maximum atomic E-state index is 13.3. The average Bonchev–Trinajstić information content (AvgIpc) is 2.61. The standard InChI is InChI=1S/C20H19F3N2O/c21-20(22,23)17-8-4-7-15-11-16-13-24(12-14-5-2-1-3-6-14)9-10-25(16)19(26)18(15)17/h1-8,16H,9-13H2. The molecule has 1 fully saturated rings. The average molecular weight is 360 g/mol. The molecule has 4 rings (SSSR count). The van der Waals surface area contributed by atoms with Gasteiger partial charge in [-0.15, -0.1) is 0 Å². The molecule has 6 heteroatoms. The molecule has 2 heterocycles. The number of hydrogen-bond acceptors (Lipinski definition) is 2. The van der Waals surface area contributed by atoms with Crippen LogP contribution in [0.1, 0.15) is 27.0 Å². The van der Waals surface area contributed by atoms with Crippen molar-refractivity contribution in [3.63, 3.8) is 0 Å². The highest BCUT2D eigenvalue weighted by molar-refractivity contribution is 5.98. The topological polar surface area (TPSA) is 23.6 Å². The fraction of sp³-hybridized carbons (Fsp3) is 0.350. The second-order valence-corrected chi connectivity index (χ2v) is 6.91. The van der Waals surface area contributed by atoms with Crippen molar-refractivity contribution in [1.29, 1.82) is 0 Å². The van der Waals surface area contributed by atoms with Gasteiger partial charge in [0.25, 0.3) is 5.91 Å². The van der Waals surface area contributed by atoms with Gasteiger partial charge in [0.2, 0.25) is 0 Å². The molecule has 3 nitrogen and oxygen atoms in total. The van der Waals surface area contributed by atoms with E-state index < -0.39 is 17.6 Å². The number of rotatable bonds is 2. The van der Waals surface area contributed by atoms with E-state index in [1.165, 1.54) is 11.6 Å². The van der Waals surface area contributed by atoms with E-state index in [9.17, 15) is 18.0 Å². The van der Waals surface area contributed by atoms with E-state index in [0.717, 1.165) is 12.6 Å². The maximum absolute atomic E-state index is 13.3. The molecular formula is C20H19F3N2O. The molecule has 0 saturated carbocycles. The van der Waals surface area contributed by atoms with Crippen molar-refractivity contribution in [2.45, 2.75) is 25.2 Å². The summed E-state index contributed by atoms with van der Waals surface area (Å²) in [7, 11) is 0. The van der Waals surface area contributed by atoms with Gasteiger partial charge in [-0.3, -0.25) is 9.69 Å². The van der Waals surface area contributed by atoms with Crippen LogP contribution in [0.15, 0.2) is 48.5 Å². The monoisotopic (exact) mass is 360 g/mol. The van der Waals surface area contributed by atoms with Gasteiger partial charge in [-0.05, 0) is 23.6 Å². The number of halogens is 3. The molecule has 136 valence electrons. The lowest BCUT2D eigenvalue weighted by atomic mass is 9.88. The van der Waals surface area contributed by atoms with E-state index in [0.29, 0.717) is 31.6 Å². The molecule has 0 bridgehead atoms. The second kappa shape index (κ2) is 6.43. The highest BCUT2D eigenvalue weighted by Gasteiger charge is 2.42. The molecule has 0 N–H and O–H groups in total. The Bertz CT molecular complexity index is 820. The Kier molecular flexibility index (Phi) is 4.23. The molecule has 2 aliphatic heterocycles. The van der Waals surface area contributed by atoms with Gasteiger partial charge in [-0.1, -0.05) is 42.5 Å². The minimum absolute atomic E-state index is 0.0732. The normalized spacial score (nSPS) is 20.7. The molecular weight excluding hydrogens is 341 g/mol. The summed E-state index contributed by atoms with van der Waals surface area (Å²) in [5.74, 6) is -0.483. The zero-order valence-electron chi connectivity index (χ0n) is 14.2. The predicted molar refractivity (Wildman–Crippen MR) is 91.7 cm³/mol. The van der Waals surface area contributed by atoms with Crippen molar-refractivity contribution in [2.24, 2.45) is 0 Å². The summed E-state index contributed by atoms with van der Waals surface area (Å²) in [6.45, 7) is 2.59. The Morgan fingerprint density at radius 2 is 1.77 bits per heavy atom. The first-order chi connectivity index (χ1) is 12.4. The van der Waals surface area contributed by atoms with Crippen LogP contribution in [0.3, 0.4) is 0 Å². The number of carbonyl (C=O) groups is 1. The molecule has 1 unspecified atom stereocenters. The number of amides is 1. The lowest BCUT2D eigenvalue weighted by Gasteiger charge is -2.44. The molecule has 26 heavy (non-hydrogen) atoms. The van der Waals surface area contributed by atoms with Crippen LogP contribution in [0, 0.1) is 0 Å². The van der Waals surface area contributed by atoms with Crippen LogP contribution >= 0.6 is 0 Å². The van der Waals surface area contributed by atoms with Crippen molar-refractivity contribution in [3.05, 3.63) is 70.8 Å². The van der Waals surface area contributed by atoms with Gasteiger partial charge in [0, 0.05) is 32.2 Å². The van der Waals surface area contributed by atoms with Crippen LogP contribution in [-0.4, -0.2) is 41.4 Å². The van der Waals surface area contributed by atoms with Crippen LogP contribution in [-0.2, 0) is 19.1 Å². The maximum Gasteiger partial charge on any atom is 0.417 e. The number of nitrogens with zero attached hydrogens (tertiary/aromatic N) is 2. The summed E-state index contributed by atoms with van der Waals surface area (Å²) >= 11 is 0. The SMILES string of the molecule is O=C1c2c(cccc2C(F)(F)F)CC2CN(Cc3ccccc3)CCN12. The van der Waals surface area contributed by atoms with Crippen molar-refractivity contribution in [3.8, 4) is 0 Å². The number of fused-ring (bicyclic) bond motifs is 2. The van der Waals surface area contributed by atoms with Crippen LogP contribution in [0.25, 0.3) is 0 Å². The van der Waals surface area contributed by atoms with Crippen LogP contribution in [0.5, 0.6) is 0 Å². The number of carbonyl (C=O) groups excluding carboxylic acids is 1. The minimum atomic E-state index is -4.51. The smallest absolute Gasteiger partial charge is 0.333 e. The number of piperazine rings is 1. The van der Waals surface area contributed by atoms with Crippen LogP contribution in [0.4, 0.5) is 13.2 Å². The summed E-state index contributed by atoms with van der Waals surface area (Å²) in [6, 6.07) is 14.0. The van der Waals surface area contributed by atoms with E-state index in [1.54, 1.807) is 11.0 Å². The third-order valence-corrected chi connectivity index (χ3v) is 5.20. The Labute approximate surface area is 150 Å². The van der Waals surface area contributed by atoms with E-state index in [1.807, 2.05) is 18.2 Å². The summed E-state index contributed by atoms with van der Waals surface area (Å²) in [4.78, 5) is 16.7. The highest BCUT2D eigenvalue weighted by Crippen LogP contribution is 2.37. The predicted octanol–water partition coefficient (Wildman–Crippen LogP) is 3.59. The highest BCUT2D eigenvalue weighted by atomic mass is 19.4. The molecule has 0 radical (unpaired) electrons. The first-order valence-corrected chi connectivity index (χ1v) is 8.70. The van der Waals surface area contributed by atoms with Crippen LogP contribution in [0.2, 0.25) is 0 Å². The zero-order chi connectivity index (χ0) is 18.3. The van der Waals surface area contributed by atoms with Crippen molar-refractivity contribution in [1.82, 2.24) is 9.80 Å². The first kappa shape index (κ1) is 17.1. The molecule has 0 aliphatic carbocycles. The molecule has 2 aromatic carbocycles. The molecule has 1 atom stereocenters. The van der Waals surface area contributed by atoms with E-state index in [2.05, 4.69) is 17.0 Å². The van der Waals surface area contributed by atoms with Gasteiger partial charge < -0.3 is 4.90 Å². The summed E-state index contributed by atoms with van der Waals surface area (Å²) in [5.41, 5.74) is 0.730.